The number of nitrogens with one attached hydrogen (secondary N) is 1. The zero-order valence-corrected chi connectivity index (χ0v) is 22.7. The maximum Gasteiger partial charge on any atom is 0.270 e. The molecule has 1 N–H and O–H groups in total. The molecule has 2 bridgehead atoms. The number of piperidine rings is 1. The van der Waals surface area contributed by atoms with Gasteiger partial charge in [-0.25, -0.2) is 0 Å². The van der Waals surface area contributed by atoms with Crippen LogP contribution in [0.15, 0.2) is 75.6 Å². The average molecular weight is 578 g/mol. The first-order valence-corrected chi connectivity index (χ1v) is 13.1. The van der Waals surface area contributed by atoms with Gasteiger partial charge in [-0.05, 0) is 60.4 Å². The number of hydrogen-bond acceptors (Lipinski definition) is 5. The number of aromatic nitrogens is 1. The Morgan fingerprint density at radius 3 is 2.53 bits per heavy atom. The number of benzene rings is 2. The first-order valence-electron chi connectivity index (χ1n) is 12.4. The molecule has 0 spiro atoms. The highest BCUT2D eigenvalue weighted by molar-refractivity contribution is 9.10. The van der Waals surface area contributed by atoms with E-state index in [9.17, 15) is 14.4 Å². The lowest BCUT2D eigenvalue weighted by Crippen LogP contribution is -2.50. The van der Waals surface area contributed by atoms with Gasteiger partial charge >= 0.3 is 0 Å². The molecule has 0 radical (unpaired) electrons. The summed E-state index contributed by atoms with van der Waals surface area (Å²) in [5, 5.41) is 2.85. The molecule has 2 aliphatic heterocycles. The molecule has 1 aromatic heterocycles. The van der Waals surface area contributed by atoms with Crippen LogP contribution < -0.4 is 20.3 Å². The van der Waals surface area contributed by atoms with Gasteiger partial charge in [0.1, 0.15) is 5.70 Å². The van der Waals surface area contributed by atoms with Gasteiger partial charge in [0.05, 0.1) is 14.2 Å². The Morgan fingerprint density at radius 2 is 1.76 bits per heavy atom. The fourth-order valence-electron chi connectivity index (χ4n) is 5.32. The van der Waals surface area contributed by atoms with Crippen LogP contribution in [-0.2, 0) is 11.3 Å². The highest BCUT2D eigenvalue weighted by Gasteiger charge is 2.37. The van der Waals surface area contributed by atoms with Crippen molar-refractivity contribution in [2.45, 2.75) is 18.9 Å². The summed E-state index contributed by atoms with van der Waals surface area (Å²) in [6.07, 6.45) is 2.58. The molecule has 5 rings (SSSR count). The van der Waals surface area contributed by atoms with Crippen LogP contribution in [0.5, 0.6) is 11.5 Å². The molecule has 2 amide bonds. The molecule has 9 heteroatoms. The van der Waals surface area contributed by atoms with Gasteiger partial charge in [0.2, 0.25) is 0 Å². The minimum Gasteiger partial charge on any atom is -0.493 e. The molecule has 3 aromatic rings. The van der Waals surface area contributed by atoms with Crippen LogP contribution in [0.2, 0.25) is 0 Å². The minimum atomic E-state index is -0.388. The predicted octanol–water partition coefficient (Wildman–Crippen LogP) is 4.04. The van der Waals surface area contributed by atoms with Crippen molar-refractivity contribution in [3.8, 4) is 11.5 Å². The summed E-state index contributed by atoms with van der Waals surface area (Å²) in [4.78, 5) is 41.3. The fraction of sp³-hybridized carbons (Fsp3) is 0.276. The summed E-state index contributed by atoms with van der Waals surface area (Å²) < 4.78 is 13.3. The van der Waals surface area contributed by atoms with E-state index < -0.39 is 0 Å². The van der Waals surface area contributed by atoms with Crippen molar-refractivity contribution in [3.63, 3.8) is 0 Å². The van der Waals surface area contributed by atoms with E-state index in [-0.39, 0.29) is 34.9 Å². The zero-order valence-electron chi connectivity index (χ0n) is 21.1. The maximum absolute atomic E-state index is 13.9. The number of fused-ring (bicyclic) bond motifs is 4. The van der Waals surface area contributed by atoms with Crippen LogP contribution in [0.1, 0.15) is 34.0 Å². The minimum absolute atomic E-state index is 0.00713. The quantitative estimate of drug-likeness (QED) is 0.446. The summed E-state index contributed by atoms with van der Waals surface area (Å²) in [5.74, 6) is 0.635. The van der Waals surface area contributed by atoms with Crippen molar-refractivity contribution in [3.05, 3.63) is 98.0 Å². The number of likely N-dealkylation sites (tertiary alicyclic amines) is 1. The number of nitrogens with zero attached hydrogens (tertiary/aromatic N) is 2. The molecule has 1 saturated heterocycles. The molecule has 1 fully saturated rings. The van der Waals surface area contributed by atoms with Gasteiger partial charge in [-0.1, -0.05) is 34.1 Å². The summed E-state index contributed by atoms with van der Waals surface area (Å²) in [6, 6.07) is 17.6. The largest absolute Gasteiger partial charge is 0.493 e. The SMILES string of the molecule is COc1ccc(/C=C(\NC(=O)c2cccc(Br)c2)C(=O)N2CC3CC(C2)c2cccc(=O)n2C3)cc1OC. The number of halogens is 1. The second kappa shape index (κ2) is 10.9. The number of ether oxygens (including phenoxy) is 2. The highest BCUT2D eigenvalue weighted by Crippen LogP contribution is 2.35. The molecule has 2 unspecified atom stereocenters. The van der Waals surface area contributed by atoms with E-state index in [1.807, 2.05) is 16.7 Å². The maximum atomic E-state index is 13.9. The van der Waals surface area contributed by atoms with Gasteiger partial charge in [0.25, 0.3) is 17.4 Å². The smallest absolute Gasteiger partial charge is 0.270 e. The molecule has 3 heterocycles. The standard InChI is InChI=1S/C29H28BrN3O5/c1-37-25-10-9-18(13-26(25)38-2)12-23(31-28(35)20-5-3-6-22(30)14-20)29(36)32-15-19-11-21(17-32)24-7-4-8-27(34)33(24)16-19/h3-10,12-14,19,21H,11,15-17H2,1-2H3,(H,31,35)/b23-12-. The Balaban J connectivity index is 1.47. The third-order valence-electron chi connectivity index (χ3n) is 7.05. The Bertz CT molecular complexity index is 1480. The molecule has 2 aliphatic rings. The summed E-state index contributed by atoms with van der Waals surface area (Å²) in [5.41, 5.74) is 2.21. The van der Waals surface area contributed by atoms with Crippen LogP contribution in [0.4, 0.5) is 0 Å². The van der Waals surface area contributed by atoms with Crippen molar-refractivity contribution < 1.29 is 19.1 Å². The van der Waals surface area contributed by atoms with E-state index in [2.05, 4.69) is 21.2 Å². The van der Waals surface area contributed by atoms with E-state index in [1.165, 1.54) is 0 Å². The van der Waals surface area contributed by atoms with Crippen LogP contribution in [0.25, 0.3) is 6.08 Å². The first-order chi connectivity index (χ1) is 18.4. The molecule has 2 aromatic carbocycles. The molecule has 38 heavy (non-hydrogen) atoms. The zero-order chi connectivity index (χ0) is 26.8. The molecule has 2 atom stereocenters. The van der Waals surface area contributed by atoms with E-state index in [4.69, 9.17) is 9.47 Å². The first kappa shape index (κ1) is 25.8. The van der Waals surface area contributed by atoms with Crippen molar-refractivity contribution in [2.75, 3.05) is 27.3 Å². The summed E-state index contributed by atoms with van der Waals surface area (Å²) >= 11 is 3.40. The molecule has 8 nitrogen and oxygen atoms in total. The van der Waals surface area contributed by atoms with Gasteiger partial charge in [0.15, 0.2) is 11.5 Å². The lowest BCUT2D eigenvalue weighted by atomic mass is 9.83. The number of hydrogen-bond donors (Lipinski definition) is 1. The number of methoxy groups -OCH3 is 2. The second-order valence-electron chi connectivity index (χ2n) is 9.55. The van der Waals surface area contributed by atoms with Crippen molar-refractivity contribution in [1.29, 1.82) is 0 Å². The van der Waals surface area contributed by atoms with Crippen molar-refractivity contribution in [2.24, 2.45) is 5.92 Å². The van der Waals surface area contributed by atoms with Gasteiger partial charge < -0.3 is 24.3 Å². The Kier molecular flexibility index (Phi) is 7.37. The molecule has 0 saturated carbocycles. The van der Waals surface area contributed by atoms with E-state index in [0.717, 1.165) is 16.6 Å². The van der Waals surface area contributed by atoms with E-state index in [1.54, 1.807) is 73.7 Å². The fourth-order valence-corrected chi connectivity index (χ4v) is 5.72. The third-order valence-corrected chi connectivity index (χ3v) is 7.54. The summed E-state index contributed by atoms with van der Waals surface area (Å²) in [7, 11) is 3.10. The number of rotatable bonds is 6. The Morgan fingerprint density at radius 1 is 0.974 bits per heavy atom. The van der Waals surface area contributed by atoms with Crippen LogP contribution in [0.3, 0.4) is 0 Å². The van der Waals surface area contributed by atoms with E-state index >= 15 is 0 Å². The monoisotopic (exact) mass is 577 g/mol. The average Bonchev–Trinajstić information content (AvgIpc) is 2.92. The molecular formula is C29H28BrN3O5. The normalized spacial score (nSPS) is 18.4. The topological polar surface area (TPSA) is 89.9 Å². The van der Waals surface area contributed by atoms with Gasteiger partial charge in [-0.3, -0.25) is 14.4 Å². The highest BCUT2D eigenvalue weighted by atomic mass is 79.9. The Labute approximate surface area is 229 Å². The molecule has 196 valence electrons. The predicted molar refractivity (Wildman–Crippen MR) is 147 cm³/mol. The van der Waals surface area contributed by atoms with Gasteiger partial charge in [-0.2, -0.15) is 0 Å². The number of carbonyl (C=O) groups is 2. The molecule has 0 aliphatic carbocycles. The second-order valence-corrected chi connectivity index (χ2v) is 10.5. The van der Waals surface area contributed by atoms with E-state index in [0.29, 0.717) is 42.3 Å². The third kappa shape index (κ3) is 5.24. The van der Waals surface area contributed by atoms with Crippen molar-refractivity contribution in [1.82, 2.24) is 14.8 Å². The van der Waals surface area contributed by atoms with Gasteiger partial charge in [-0.15, -0.1) is 0 Å². The number of amides is 2. The van der Waals surface area contributed by atoms with Crippen LogP contribution in [-0.4, -0.2) is 48.6 Å². The van der Waals surface area contributed by atoms with Crippen LogP contribution >= 0.6 is 15.9 Å². The van der Waals surface area contributed by atoms with Gasteiger partial charge in [0, 0.05) is 47.3 Å². The lowest BCUT2D eigenvalue weighted by molar-refractivity contribution is -0.130. The molecular weight excluding hydrogens is 550 g/mol. The Hall–Kier alpha value is -3.85. The lowest BCUT2D eigenvalue weighted by Gasteiger charge is -2.43. The number of carbonyl (C=O) groups excluding carboxylic acids is 2. The summed E-state index contributed by atoms with van der Waals surface area (Å²) in [6.45, 7) is 1.55. The van der Waals surface area contributed by atoms with Crippen LogP contribution in [0, 0.1) is 5.92 Å². The van der Waals surface area contributed by atoms with Crippen molar-refractivity contribution >= 4 is 33.8 Å². The number of pyridine rings is 1.